The van der Waals surface area contributed by atoms with Crippen LogP contribution in [0.4, 0.5) is 0 Å². The molecule has 92 valence electrons. The van der Waals surface area contributed by atoms with Crippen molar-refractivity contribution in [2.24, 2.45) is 5.92 Å². The molecule has 0 amide bonds. The molecule has 0 saturated carbocycles. The Morgan fingerprint density at radius 1 is 1.12 bits per heavy atom. The molecule has 2 aliphatic rings. The van der Waals surface area contributed by atoms with E-state index in [1.54, 1.807) is 0 Å². The van der Waals surface area contributed by atoms with E-state index in [0.717, 1.165) is 44.5 Å². The standard InChI is InChI=1S/C14H20N2O/c1-2-12-8-16-9-13(12)14(3-1)17-10-11-4-6-15-7-5-11/h1-3,11,15-16H,4-10H2. The number of piperidine rings is 1. The van der Waals surface area contributed by atoms with Crippen LogP contribution in [-0.4, -0.2) is 19.7 Å². The first-order valence-electron chi connectivity index (χ1n) is 6.58. The van der Waals surface area contributed by atoms with Crippen LogP contribution in [0.1, 0.15) is 24.0 Å². The monoisotopic (exact) mass is 232 g/mol. The Kier molecular flexibility index (Phi) is 3.29. The van der Waals surface area contributed by atoms with Gasteiger partial charge in [0.05, 0.1) is 6.61 Å². The Bertz CT molecular complexity index is 386. The zero-order valence-corrected chi connectivity index (χ0v) is 10.2. The van der Waals surface area contributed by atoms with Crippen LogP contribution >= 0.6 is 0 Å². The maximum atomic E-state index is 6.02. The summed E-state index contributed by atoms with van der Waals surface area (Å²) in [7, 11) is 0. The third kappa shape index (κ3) is 2.45. The molecule has 2 N–H and O–H groups in total. The second-order valence-electron chi connectivity index (χ2n) is 5.00. The fourth-order valence-corrected chi connectivity index (χ4v) is 2.69. The lowest BCUT2D eigenvalue weighted by Crippen LogP contribution is -2.30. The maximum Gasteiger partial charge on any atom is 0.124 e. The van der Waals surface area contributed by atoms with Crippen molar-refractivity contribution in [3.05, 3.63) is 29.3 Å². The predicted molar refractivity (Wildman–Crippen MR) is 68.1 cm³/mol. The number of hydrogen-bond acceptors (Lipinski definition) is 3. The van der Waals surface area contributed by atoms with E-state index in [4.69, 9.17) is 4.74 Å². The first kappa shape index (κ1) is 11.1. The normalized spacial score (nSPS) is 20.2. The molecule has 2 heterocycles. The summed E-state index contributed by atoms with van der Waals surface area (Å²) < 4.78 is 6.02. The molecule has 0 aromatic heterocycles. The van der Waals surface area contributed by atoms with Gasteiger partial charge in [-0.15, -0.1) is 0 Å². The quantitative estimate of drug-likeness (QED) is 0.831. The molecule has 0 unspecified atom stereocenters. The zero-order chi connectivity index (χ0) is 11.5. The lowest BCUT2D eigenvalue weighted by atomic mass is 9.99. The molecule has 3 nitrogen and oxygen atoms in total. The average Bonchev–Trinajstić information content (AvgIpc) is 2.86. The Hall–Kier alpha value is -1.06. The van der Waals surface area contributed by atoms with Gasteiger partial charge in [-0.2, -0.15) is 0 Å². The summed E-state index contributed by atoms with van der Waals surface area (Å²) in [6.45, 7) is 5.10. The van der Waals surface area contributed by atoms with Crippen LogP contribution in [0.25, 0.3) is 0 Å². The van der Waals surface area contributed by atoms with E-state index in [1.165, 1.54) is 24.0 Å². The minimum absolute atomic E-state index is 0.724. The number of ether oxygens (including phenoxy) is 1. The fraction of sp³-hybridized carbons (Fsp3) is 0.571. The number of nitrogens with one attached hydrogen (secondary N) is 2. The number of hydrogen-bond donors (Lipinski definition) is 2. The molecular weight excluding hydrogens is 212 g/mol. The molecule has 0 spiro atoms. The molecular formula is C14H20N2O. The molecule has 0 radical (unpaired) electrons. The third-order valence-electron chi connectivity index (χ3n) is 3.78. The summed E-state index contributed by atoms with van der Waals surface area (Å²) in [6, 6.07) is 6.39. The Balaban J connectivity index is 1.63. The lowest BCUT2D eigenvalue weighted by molar-refractivity contribution is 0.214. The van der Waals surface area contributed by atoms with Gasteiger partial charge in [0.1, 0.15) is 5.75 Å². The van der Waals surface area contributed by atoms with Crippen LogP contribution in [0.5, 0.6) is 5.75 Å². The van der Waals surface area contributed by atoms with E-state index in [1.807, 2.05) is 0 Å². The molecule has 0 bridgehead atoms. The molecule has 1 aromatic carbocycles. The van der Waals surface area contributed by atoms with Crippen molar-refractivity contribution in [1.82, 2.24) is 10.6 Å². The summed E-state index contributed by atoms with van der Waals surface area (Å²) >= 11 is 0. The van der Waals surface area contributed by atoms with Gasteiger partial charge in [-0.3, -0.25) is 0 Å². The van der Waals surface area contributed by atoms with Gasteiger partial charge < -0.3 is 15.4 Å². The van der Waals surface area contributed by atoms with E-state index >= 15 is 0 Å². The van der Waals surface area contributed by atoms with Crippen molar-refractivity contribution in [3.8, 4) is 5.75 Å². The van der Waals surface area contributed by atoms with Gasteiger partial charge in [0, 0.05) is 18.7 Å². The molecule has 1 saturated heterocycles. The minimum Gasteiger partial charge on any atom is -0.493 e. The zero-order valence-electron chi connectivity index (χ0n) is 10.2. The minimum atomic E-state index is 0.724. The predicted octanol–water partition coefficient (Wildman–Crippen LogP) is 1.67. The molecule has 1 aromatic rings. The van der Waals surface area contributed by atoms with Crippen LogP contribution in [0, 0.1) is 5.92 Å². The average molecular weight is 232 g/mol. The van der Waals surface area contributed by atoms with Crippen molar-refractivity contribution in [1.29, 1.82) is 0 Å². The molecule has 1 fully saturated rings. The van der Waals surface area contributed by atoms with Crippen LogP contribution in [-0.2, 0) is 13.1 Å². The van der Waals surface area contributed by atoms with Crippen LogP contribution in [0.2, 0.25) is 0 Å². The van der Waals surface area contributed by atoms with Gasteiger partial charge in [0.2, 0.25) is 0 Å². The molecule has 0 atom stereocenters. The molecule has 2 aliphatic heterocycles. The van der Waals surface area contributed by atoms with Crippen molar-refractivity contribution in [2.45, 2.75) is 25.9 Å². The van der Waals surface area contributed by atoms with Gasteiger partial charge in [0.25, 0.3) is 0 Å². The number of rotatable bonds is 3. The highest BCUT2D eigenvalue weighted by Crippen LogP contribution is 2.27. The van der Waals surface area contributed by atoms with Crippen molar-refractivity contribution in [3.63, 3.8) is 0 Å². The van der Waals surface area contributed by atoms with E-state index in [0.29, 0.717) is 0 Å². The second kappa shape index (κ2) is 5.07. The molecule has 17 heavy (non-hydrogen) atoms. The lowest BCUT2D eigenvalue weighted by Gasteiger charge is -2.23. The smallest absolute Gasteiger partial charge is 0.124 e. The SMILES string of the molecule is c1cc2c(c(OCC3CCNCC3)c1)CNC2. The summed E-state index contributed by atoms with van der Waals surface area (Å²) in [5.41, 5.74) is 2.76. The van der Waals surface area contributed by atoms with E-state index < -0.39 is 0 Å². The first-order chi connectivity index (χ1) is 8.43. The van der Waals surface area contributed by atoms with Gasteiger partial charge in [-0.1, -0.05) is 12.1 Å². The maximum absolute atomic E-state index is 6.02. The first-order valence-corrected chi connectivity index (χ1v) is 6.58. The summed E-state index contributed by atoms with van der Waals surface area (Å²) in [6.07, 6.45) is 2.49. The highest BCUT2D eigenvalue weighted by Gasteiger charge is 2.17. The number of benzene rings is 1. The van der Waals surface area contributed by atoms with Gasteiger partial charge in [0.15, 0.2) is 0 Å². The largest absolute Gasteiger partial charge is 0.493 e. The van der Waals surface area contributed by atoms with Crippen LogP contribution < -0.4 is 15.4 Å². The topological polar surface area (TPSA) is 33.3 Å². The Morgan fingerprint density at radius 3 is 2.88 bits per heavy atom. The molecule has 3 heteroatoms. The van der Waals surface area contributed by atoms with Crippen LogP contribution in [0.15, 0.2) is 18.2 Å². The highest BCUT2D eigenvalue weighted by molar-refractivity contribution is 5.42. The van der Waals surface area contributed by atoms with Crippen molar-refractivity contribution in [2.75, 3.05) is 19.7 Å². The summed E-state index contributed by atoms with van der Waals surface area (Å²) in [4.78, 5) is 0. The Labute approximate surface area is 103 Å². The Morgan fingerprint density at radius 2 is 2.00 bits per heavy atom. The van der Waals surface area contributed by atoms with Gasteiger partial charge >= 0.3 is 0 Å². The van der Waals surface area contributed by atoms with Crippen molar-refractivity contribution < 1.29 is 4.74 Å². The molecule has 0 aliphatic carbocycles. The van der Waals surface area contributed by atoms with E-state index in [9.17, 15) is 0 Å². The highest BCUT2D eigenvalue weighted by atomic mass is 16.5. The van der Waals surface area contributed by atoms with Crippen molar-refractivity contribution >= 4 is 0 Å². The molecule has 3 rings (SSSR count). The third-order valence-corrected chi connectivity index (χ3v) is 3.78. The van der Waals surface area contributed by atoms with E-state index in [2.05, 4.69) is 28.8 Å². The fourth-order valence-electron chi connectivity index (χ4n) is 2.69. The summed E-state index contributed by atoms with van der Waals surface area (Å²) in [5, 5.41) is 6.77. The van der Waals surface area contributed by atoms with Gasteiger partial charge in [-0.25, -0.2) is 0 Å². The van der Waals surface area contributed by atoms with E-state index in [-0.39, 0.29) is 0 Å². The number of fused-ring (bicyclic) bond motifs is 1. The van der Waals surface area contributed by atoms with Gasteiger partial charge in [-0.05, 0) is 43.5 Å². The second-order valence-corrected chi connectivity index (χ2v) is 5.00. The summed E-state index contributed by atoms with van der Waals surface area (Å²) in [5.74, 6) is 1.81. The van der Waals surface area contributed by atoms with Crippen LogP contribution in [0.3, 0.4) is 0 Å².